The Kier molecular flexibility index (Phi) is 15.1. The third-order valence-corrected chi connectivity index (χ3v) is 12.5. The third-order valence-electron chi connectivity index (χ3n) is 11.3. The van der Waals surface area contributed by atoms with E-state index >= 15 is 0 Å². The van der Waals surface area contributed by atoms with Crippen LogP contribution in [0.5, 0.6) is 0 Å². The lowest BCUT2D eigenvalue weighted by Crippen LogP contribution is -2.43. The molecule has 1 aliphatic heterocycles. The Morgan fingerprint density at radius 2 is 1.81 bits per heavy atom. The van der Waals surface area contributed by atoms with E-state index < -0.39 is 5.41 Å². The average Bonchev–Trinajstić information content (AvgIpc) is 3.55. The number of nitrogens with zero attached hydrogens (tertiary/aromatic N) is 2. The quantitative estimate of drug-likeness (QED) is 0.145. The third kappa shape index (κ3) is 10.9. The number of ether oxygens (including phenoxy) is 1. The van der Waals surface area contributed by atoms with Gasteiger partial charge in [0.2, 0.25) is 5.91 Å². The van der Waals surface area contributed by atoms with E-state index in [9.17, 15) is 19.2 Å². The highest BCUT2D eigenvalue weighted by Crippen LogP contribution is 2.39. The number of piperazine rings is 1. The van der Waals surface area contributed by atoms with Crippen LogP contribution in [0.4, 0.5) is 5.00 Å². The van der Waals surface area contributed by atoms with E-state index in [1.165, 1.54) is 29.7 Å². The van der Waals surface area contributed by atoms with Gasteiger partial charge in [0.25, 0.3) is 11.8 Å². The maximum atomic E-state index is 13.9. The molecule has 0 spiro atoms. The van der Waals surface area contributed by atoms with Gasteiger partial charge in [0.15, 0.2) is 0 Å². The topological polar surface area (TPSA) is 120 Å². The lowest BCUT2D eigenvalue weighted by Gasteiger charge is -2.32. The number of anilines is 1. The smallest absolute Gasteiger partial charge is 0.311 e. The highest BCUT2D eigenvalue weighted by molar-refractivity contribution is 7.17. The molecule has 3 aliphatic rings. The summed E-state index contributed by atoms with van der Waals surface area (Å²) in [5.74, 6) is -0.350. The Bertz CT molecular complexity index is 1690. The molecule has 1 aromatic heterocycles. The van der Waals surface area contributed by atoms with Crippen molar-refractivity contribution in [2.45, 2.75) is 111 Å². The van der Waals surface area contributed by atoms with Crippen molar-refractivity contribution in [1.29, 1.82) is 0 Å². The lowest BCUT2D eigenvalue weighted by atomic mass is 9.87. The van der Waals surface area contributed by atoms with Gasteiger partial charge in [-0.1, -0.05) is 38.1 Å². The molecule has 2 heterocycles. The molecule has 11 heteroatoms. The molecule has 1 fully saturated rings. The molecule has 1 aromatic carbocycles. The summed E-state index contributed by atoms with van der Waals surface area (Å²) in [4.78, 5) is 59.2. The summed E-state index contributed by atoms with van der Waals surface area (Å²) >= 11 is 1.51. The van der Waals surface area contributed by atoms with E-state index in [1.54, 1.807) is 19.9 Å². The highest BCUT2D eigenvalue weighted by atomic mass is 32.1. The van der Waals surface area contributed by atoms with E-state index in [0.717, 1.165) is 101 Å². The zero-order valence-corrected chi connectivity index (χ0v) is 33.9. The standard InChI is InChI=1S/C43H61N5O5S/c1-6-34(7-2)48(37(49)21-22-43(3,4)42(52)53-5)29-31-12-10-14-32(28-31)39(50)46-41-38(35-15-8-9-16-36(35)54-41)40(51)45-33-19-17-30(18-20-33)13-11-25-47-26-23-44-24-27-47/h10,12,14,17,19-20,28,30,34,44H,6-9,11,13,15-16,18,21-27,29H2,1-5H3,(H,45,51)(H,46,50). The van der Waals surface area contributed by atoms with Crippen LogP contribution >= 0.6 is 11.3 Å². The molecule has 0 radical (unpaired) electrons. The lowest BCUT2D eigenvalue weighted by molar-refractivity contribution is -0.151. The molecule has 10 nitrogen and oxygen atoms in total. The number of allylic oxidation sites excluding steroid dienone is 3. The molecule has 3 N–H and O–H groups in total. The highest BCUT2D eigenvalue weighted by Gasteiger charge is 2.32. The van der Waals surface area contributed by atoms with Gasteiger partial charge in [0, 0.05) is 61.3 Å². The number of benzene rings is 1. The number of carbonyl (C=O) groups excluding carboxylic acids is 4. The van der Waals surface area contributed by atoms with Gasteiger partial charge in [-0.3, -0.25) is 19.2 Å². The zero-order chi connectivity index (χ0) is 38.7. The number of fused-ring (bicyclic) bond motifs is 1. The second-order valence-electron chi connectivity index (χ2n) is 15.6. The van der Waals surface area contributed by atoms with Gasteiger partial charge in [0.05, 0.1) is 18.1 Å². The summed E-state index contributed by atoms with van der Waals surface area (Å²) < 4.78 is 4.95. The van der Waals surface area contributed by atoms with E-state index in [1.807, 2.05) is 29.2 Å². The van der Waals surface area contributed by atoms with Gasteiger partial charge in [-0.2, -0.15) is 0 Å². The number of carbonyl (C=O) groups is 4. The number of esters is 1. The molecule has 1 unspecified atom stereocenters. The molecule has 0 bridgehead atoms. The molecular weight excluding hydrogens is 699 g/mol. The normalized spacial score (nSPS) is 17.4. The Morgan fingerprint density at radius 1 is 1.06 bits per heavy atom. The van der Waals surface area contributed by atoms with Crippen LogP contribution in [0.25, 0.3) is 0 Å². The van der Waals surface area contributed by atoms with Gasteiger partial charge < -0.3 is 30.5 Å². The van der Waals surface area contributed by atoms with Gasteiger partial charge in [-0.05, 0) is 120 Å². The van der Waals surface area contributed by atoms with Gasteiger partial charge in [0.1, 0.15) is 5.00 Å². The second-order valence-corrected chi connectivity index (χ2v) is 16.7. The van der Waals surface area contributed by atoms with Crippen molar-refractivity contribution < 1.29 is 23.9 Å². The van der Waals surface area contributed by atoms with Crippen molar-refractivity contribution in [2.24, 2.45) is 11.3 Å². The van der Waals surface area contributed by atoms with E-state index in [4.69, 9.17) is 4.74 Å². The molecule has 294 valence electrons. The summed E-state index contributed by atoms with van der Waals surface area (Å²) in [7, 11) is 1.37. The fourth-order valence-corrected chi connectivity index (χ4v) is 9.13. The second kappa shape index (κ2) is 19.7. The van der Waals surface area contributed by atoms with Crippen LogP contribution in [0.1, 0.15) is 122 Å². The molecular formula is C43H61N5O5S. The molecule has 2 aromatic rings. The number of hydrogen-bond donors (Lipinski definition) is 3. The summed E-state index contributed by atoms with van der Waals surface area (Å²) in [6.07, 6.45) is 15.6. The first-order valence-electron chi connectivity index (χ1n) is 20.1. The minimum absolute atomic E-state index is 0.0251. The molecule has 1 saturated heterocycles. The van der Waals surface area contributed by atoms with Crippen LogP contribution in [0, 0.1) is 11.3 Å². The molecule has 2 aliphatic carbocycles. The largest absolute Gasteiger partial charge is 0.469 e. The van der Waals surface area contributed by atoms with E-state index in [2.05, 4.69) is 46.8 Å². The van der Waals surface area contributed by atoms with Gasteiger partial charge in [-0.15, -0.1) is 11.3 Å². The molecule has 5 rings (SSSR count). The molecule has 3 amide bonds. The van der Waals surface area contributed by atoms with Crippen molar-refractivity contribution in [3.05, 3.63) is 75.3 Å². The molecule has 1 atom stereocenters. The fraction of sp³-hybridized carbons (Fsp3) is 0.581. The Hall–Kier alpha value is -3.80. The van der Waals surface area contributed by atoms with E-state index in [0.29, 0.717) is 35.0 Å². The maximum Gasteiger partial charge on any atom is 0.311 e. The number of methoxy groups -OCH3 is 1. The van der Waals surface area contributed by atoms with Crippen molar-refractivity contribution in [1.82, 2.24) is 20.4 Å². The summed E-state index contributed by atoms with van der Waals surface area (Å²) in [6, 6.07) is 7.40. The maximum absolute atomic E-state index is 13.9. The average molecular weight is 760 g/mol. The predicted octanol–water partition coefficient (Wildman–Crippen LogP) is 7.25. The summed E-state index contributed by atoms with van der Waals surface area (Å²) in [5.41, 5.74) is 2.98. The van der Waals surface area contributed by atoms with Crippen LogP contribution in [0.3, 0.4) is 0 Å². The summed E-state index contributed by atoms with van der Waals surface area (Å²) in [6.45, 7) is 13.6. The fourth-order valence-electron chi connectivity index (χ4n) is 7.85. The SMILES string of the molecule is CCC(CC)N(Cc1cccc(C(=O)Nc2sc3c(c2C(=O)NC2=CCC(CCCN4CCNCC4)C=C2)CCCC3)c1)C(=O)CCC(C)(C)C(=O)OC. The zero-order valence-electron chi connectivity index (χ0n) is 33.1. The first-order chi connectivity index (χ1) is 26.0. The minimum Gasteiger partial charge on any atom is -0.469 e. The number of amides is 3. The van der Waals surface area contributed by atoms with Crippen LogP contribution < -0.4 is 16.0 Å². The van der Waals surface area contributed by atoms with Crippen LogP contribution in [-0.4, -0.2) is 79.4 Å². The van der Waals surface area contributed by atoms with Crippen LogP contribution in [0.15, 0.2) is 48.2 Å². The Balaban J connectivity index is 1.24. The summed E-state index contributed by atoms with van der Waals surface area (Å²) in [5, 5.41) is 10.3. The number of nitrogens with one attached hydrogen (secondary N) is 3. The van der Waals surface area contributed by atoms with Crippen LogP contribution in [-0.2, 0) is 33.7 Å². The monoisotopic (exact) mass is 759 g/mol. The van der Waals surface area contributed by atoms with Crippen molar-refractivity contribution in [3.63, 3.8) is 0 Å². The van der Waals surface area contributed by atoms with Gasteiger partial charge in [-0.25, -0.2) is 0 Å². The number of aryl methyl sites for hydroxylation is 1. The number of thiophene rings is 1. The van der Waals surface area contributed by atoms with Crippen molar-refractivity contribution >= 4 is 40.0 Å². The number of rotatable bonds is 17. The van der Waals surface area contributed by atoms with E-state index in [-0.39, 0.29) is 36.2 Å². The molecule has 54 heavy (non-hydrogen) atoms. The first-order valence-corrected chi connectivity index (χ1v) is 20.9. The van der Waals surface area contributed by atoms with Gasteiger partial charge >= 0.3 is 5.97 Å². The first kappa shape index (κ1) is 41.4. The van der Waals surface area contributed by atoms with Crippen LogP contribution in [0.2, 0.25) is 0 Å². The van der Waals surface area contributed by atoms with Crippen molar-refractivity contribution in [2.75, 3.05) is 45.2 Å². The van der Waals surface area contributed by atoms with Crippen molar-refractivity contribution in [3.8, 4) is 0 Å². The minimum atomic E-state index is -0.767. The predicted molar refractivity (Wildman–Crippen MR) is 217 cm³/mol. The number of hydrogen-bond acceptors (Lipinski definition) is 8. The molecule has 0 saturated carbocycles. The Morgan fingerprint density at radius 3 is 2.52 bits per heavy atom. The Labute approximate surface area is 326 Å².